The second kappa shape index (κ2) is 8.65. The highest BCUT2D eigenvalue weighted by Crippen LogP contribution is 2.32. The van der Waals surface area contributed by atoms with Crippen LogP contribution >= 0.6 is 0 Å². The molecular weight excluding hydrogens is 416 g/mol. The number of amides is 1. The van der Waals surface area contributed by atoms with E-state index in [1.807, 2.05) is 0 Å². The van der Waals surface area contributed by atoms with Crippen LogP contribution in [0.25, 0.3) is 22.0 Å². The second-order valence-corrected chi connectivity index (χ2v) is 8.66. The average molecular weight is 443 g/mol. The fourth-order valence-corrected chi connectivity index (χ4v) is 4.45. The van der Waals surface area contributed by atoms with Crippen molar-refractivity contribution in [1.29, 1.82) is 0 Å². The highest BCUT2D eigenvalue weighted by molar-refractivity contribution is 5.93. The maximum Gasteiger partial charge on any atom is 0.277 e. The van der Waals surface area contributed by atoms with Crippen LogP contribution in [0, 0.1) is 0 Å². The molecule has 0 aliphatic carbocycles. The molecule has 0 saturated heterocycles. The van der Waals surface area contributed by atoms with Crippen molar-refractivity contribution in [3.8, 4) is 11.1 Å². The van der Waals surface area contributed by atoms with E-state index in [1.165, 1.54) is 45.7 Å². The first-order valence-electron chi connectivity index (χ1n) is 10.9. The van der Waals surface area contributed by atoms with Gasteiger partial charge in [0.2, 0.25) is 5.95 Å². The number of carbonyl (C=O) groups is 1. The van der Waals surface area contributed by atoms with Crippen LogP contribution in [0.3, 0.4) is 0 Å². The SMILES string of the molecule is CN(C)Cc1cccc(-c2ccc3[nH]c4c(c3c2)CN(c2ncc(C(=O)NO)cn2)CC4)c1. The number of aromatic amines is 1. The third-order valence-electron chi connectivity index (χ3n) is 6.02. The van der Waals surface area contributed by atoms with Crippen molar-refractivity contribution in [2.24, 2.45) is 0 Å². The summed E-state index contributed by atoms with van der Waals surface area (Å²) in [6, 6.07) is 15.3. The predicted molar refractivity (Wildman–Crippen MR) is 127 cm³/mol. The minimum absolute atomic E-state index is 0.215. The van der Waals surface area contributed by atoms with Gasteiger partial charge in [-0.2, -0.15) is 0 Å². The fourth-order valence-electron chi connectivity index (χ4n) is 4.45. The maximum atomic E-state index is 11.5. The van der Waals surface area contributed by atoms with Crippen molar-refractivity contribution < 1.29 is 10.0 Å². The van der Waals surface area contributed by atoms with Crippen LogP contribution < -0.4 is 10.4 Å². The number of H-pyrrole nitrogens is 1. The third-order valence-corrected chi connectivity index (χ3v) is 6.02. The van der Waals surface area contributed by atoms with Crippen LogP contribution in [-0.2, 0) is 19.5 Å². The first-order valence-corrected chi connectivity index (χ1v) is 10.9. The van der Waals surface area contributed by atoms with Crippen LogP contribution in [-0.4, -0.2) is 51.6 Å². The smallest absolute Gasteiger partial charge is 0.277 e. The third kappa shape index (κ3) is 4.18. The van der Waals surface area contributed by atoms with Crippen LogP contribution in [0.1, 0.15) is 27.2 Å². The number of carbonyl (C=O) groups excluding carboxylic acids is 1. The van der Waals surface area contributed by atoms with E-state index < -0.39 is 5.91 Å². The molecule has 2 aromatic heterocycles. The van der Waals surface area contributed by atoms with Gasteiger partial charge < -0.3 is 14.8 Å². The monoisotopic (exact) mass is 442 g/mol. The van der Waals surface area contributed by atoms with E-state index in [4.69, 9.17) is 5.21 Å². The number of anilines is 1. The minimum atomic E-state index is -0.624. The van der Waals surface area contributed by atoms with Crippen LogP contribution in [0.5, 0.6) is 0 Å². The molecule has 4 aromatic rings. The summed E-state index contributed by atoms with van der Waals surface area (Å²) in [5.74, 6) is -0.0571. The Morgan fingerprint density at radius 1 is 1.15 bits per heavy atom. The molecule has 0 bridgehead atoms. The number of hydrogen-bond acceptors (Lipinski definition) is 6. The molecule has 1 aliphatic heterocycles. The van der Waals surface area contributed by atoms with Crippen molar-refractivity contribution in [1.82, 2.24) is 25.3 Å². The molecular formula is C25H26N6O2. The number of fused-ring (bicyclic) bond motifs is 3. The van der Waals surface area contributed by atoms with Gasteiger partial charge in [0.25, 0.3) is 5.91 Å². The first kappa shape index (κ1) is 21.1. The number of aromatic nitrogens is 3. The molecule has 8 nitrogen and oxygen atoms in total. The molecule has 1 aliphatic rings. The summed E-state index contributed by atoms with van der Waals surface area (Å²) in [6.45, 7) is 2.37. The molecule has 2 aromatic carbocycles. The molecule has 0 spiro atoms. The number of nitrogens with zero attached hydrogens (tertiary/aromatic N) is 4. The zero-order valence-electron chi connectivity index (χ0n) is 18.7. The van der Waals surface area contributed by atoms with E-state index in [2.05, 4.69) is 81.3 Å². The molecule has 0 unspecified atom stereocenters. The zero-order chi connectivity index (χ0) is 22.9. The Bertz CT molecular complexity index is 1310. The molecule has 0 atom stereocenters. The highest BCUT2D eigenvalue weighted by atomic mass is 16.5. The first-order chi connectivity index (χ1) is 16.0. The summed E-state index contributed by atoms with van der Waals surface area (Å²) in [4.78, 5) is 28.1. The van der Waals surface area contributed by atoms with Gasteiger partial charge in [-0.25, -0.2) is 15.4 Å². The summed E-state index contributed by atoms with van der Waals surface area (Å²) >= 11 is 0. The summed E-state index contributed by atoms with van der Waals surface area (Å²) in [6.07, 6.45) is 3.72. The van der Waals surface area contributed by atoms with E-state index >= 15 is 0 Å². The molecule has 5 rings (SSSR count). The zero-order valence-corrected chi connectivity index (χ0v) is 18.7. The Balaban J connectivity index is 1.45. The van der Waals surface area contributed by atoms with Gasteiger partial charge >= 0.3 is 0 Å². The Morgan fingerprint density at radius 3 is 2.70 bits per heavy atom. The lowest BCUT2D eigenvalue weighted by molar-refractivity contribution is 0.0705. The summed E-state index contributed by atoms with van der Waals surface area (Å²) in [5, 5.41) is 9.99. The number of benzene rings is 2. The predicted octanol–water partition coefficient (Wildman–Crippen LogP) is 3.37. The number of rotatable bonds is 5. The van der Waals surface area contributed by atoms with E-state index in [0.29, 0.717) is 12.5 Å². The lowest BCUT2D eigenvalue weighted by Gasteiger charge is -2.27. The maximum absolute atomic E-state index is 11.5. The normalized spacial score (nSPS) is 13.4. The van der Waals surface area contributed by atoms with Gasteiger partial charge in [-0.1, -0.05) is 24.3 Å². The van der Waals surface area contributed by atoms with Gasteiger partial charge in [0.1, 0.15) is 0 Å². The molecule has 3 N–H and O–H groups in total. The molecule has 168 valence electrons. The van der Waals surface area contributed by atoms with Crippen molar-refractivity contribution in [2.45, 2.75) is 19.5 Å². The largest absolute Gasteiger partial charge is 0.358 e. The molecule has 0 saturated carbocycles. The molecule has 33 heavy (non-hydrogen) atoms. The van der Waals surface area contributed by atoms with Crippen molar-refractivity contribution >= 4 is 22.8 Å². The van der Waals surface area contributed by atoms with Gasteiger partial charge in [0.05, 0.1) is 5.56 Å². The Hall–Kier alpha value is -3.75. The number of nitrogens with one attached hydrogen (secondary N) is 2. The van der Waals surface area contributed by atoms with E-state index in [0.717, 1.165) is 25.0 Å². The Kier molecular flexibility index (Phi) is 5.53. The van der Waals surface area contributed by atoms with Crippen molar-refractivity contribution in [3.05, 3.63) is 77.2 Å². The molecule has 1 amide bonds. The molecule has 3 heterocycles. The molecule has 0 radical (unpaired) electrons. The van der Waals surface area contributed by atoms with E-state index in [-0.39, 0.29) is 5.56 Å². The Labute approximate surface area is 191 Å². The van der Waals surface area contributed by atoms with Gasteiger partial charge in [-0.05, 0) is 49.0 Å². The van der Waals surface area contributed by atoms with Crippen molar-refractivity contribution in [2.75, 3.05) is 25.5 Å². The summed E-state index contributed by atoms with van der Waals surface area (Å²) in [7, 11) is 4.16. The fraction of sp³-hybridized carbons (Fsp3) is 0.240. The molecule has 0 fully saturated rings. The number of hydrogen-bond donors (Lipinski definition) is 3. The average Bonchev–Trinajstić information content (AvgIpc) is 3.20. The van der Waals surface area contributed by atoms with Crippen LogP contribution in [0.4, 0.5) is 5.95 Å². The van der Waals surface area contributed by atoms with Crippen molar-refractivity contribution in [3.63, 3.8) is 0 Å². The summed E-state index contributed by atoms with van der Waals surface area (Å²) < 4.78 is 0. The lowest BCUT2D eigenvalue weighted by Crippen LogP contribution is -2.31. The second-order valence-electron chi connectivity index (χ2n) is 8.66. The Morgan fingerprint density at radius 2 is 1.94 bits per heavy atom. The van der Waals surface area contributed by atoms with Gasteiger partial charge in [-0.15, -0.1) is 0 Å². The number of hydroxylamine groups is 1. The molecule has 8 heteroatoms. The highest BCUT2D eigenvalue weighted by Gasteiger charge is 2.23. The van der Waals surface area contributed by atoms with Crippen LogP contribution in [0.2, 0.25) is 0 Å². The van der Waals surface area contributed by atoms with E-state index in [1.54, 1.807) is 5.48 Å². The topological polar surface area (TPSA) is 97.4 Å². The van der Waals surface area contributed by atoms with Gasteiger partial charge in [0, 0.05) is 60.6 Å². The standard InChI is InChI=1S/C25H26N6O2/c1-30(2)14-16-4-3-5-17(10-16)18-6-7-22-20(11-18)21-15-31(9-8-23(21)28-22)25-26-12-19(13-27-25)24(32)29-33/h3-7,10-13,28,33H,8-9,14-15H2,1-2H3,(H,29,32). The quantitative estimate of drug-likeness (QED) is 0.324. The van der Waals surface area contributed by atoms with Crippen LogP contribution in [0.15, 0.2) is 54.9 Å². The van der Waals surface area contributed by atoms with Gasteiger partial charge in [0.15, 0.2) is 0 Å². The van der Waals surface area contributed by atoms with Gasteiger partial charge in [-0.3, -0.25) is 10.0 Å². The van der Waals surface area contributed by atoms with E-state index in [9.17, 15) is 4.79 Å². The summed E-state index contributed by atoms with van der Waals surface area (Å²) in [5.41, 5.74) is 9.13. The minimum Gasteiger partial charge on any atom is -0.358 e. The lowest BCUT2D eigenvalue weighted by atomic mass is 9.99.